The lowest BCUT2D eigenvalue weighted by atomic mass is 10.2. The number of nitrogens with one attached hydrogen (secondary N) is 2. The zero-order valence-corrected chi connectivity index (χ0v) is 15.4. The van der Waals surface area contributed by atoms with E-state index in [0.29, 0.717) is 17.0 Å². The van der Waals surface area contributed by atoms with Crippen LogP contribution in [0.2, 0.25) is 0 Å². The zero-order valence-electron chi connectivity index (χ0n) is 13.9. The standard InChI is InChI=1S/C20H13BrN2O4/c21-15-4-1-3-12-11-17(27-18(12)15)20(25)23-14-8-6-13(7-9-14)22-19(24)16-5-2-10-26-16/h1-11H,(H,22,24)(H,23,25). The summed E-state index contributed by atoms with van der Waals surface area (Å²) < 4.78 is 11.5. The summed E-state index contributed by atoms with van der Waals surface area (Å²) in [6, 6.07) is 17.3. The first-order valence-corrected chi connectivity index (χ1v) is 8.84. The number of rotatable bonds is 4. The minimum atomic E-state index is -0.356. The smallest absolute Gasteiger partial charge is 0.291 e. The van der Waals surface area contributed by atoms with Crippen molar-refractivity contribution in [1.29, 1.82) is 0 Å². The van der Waals surface area contributed by atoms with Crippen molar-refractivity contribution in [3.63, 3.8) is 0 Å². The number of halogens is 1. The average molecular weight is 425 g/mol. The highest BCUT2D eigenvalue weighted by Crippen LogP contribution is 2.27. The van der Waals surface area contributed by atoms with Gasteiger partial charge in [-0.15, -0.1) is 0 Å². The molecule has 0 aliphatic rings. The molecule has 0 aliphatic heterocycles. The van der Waals surface area contributed by atoms with E-state index < -0.39 is 0 Å². The summed E-state index contributed by atoms with van der Waals surface area (Å²) in [5.74, 6) is -0.259. The molecule has 0 aliphatic carbocycles. The maximum Gasteiger partial charge on any atom is 0.291 e. The van der Waals surface area contributed by atoms with E-state index in [1.54, 1.807) is 42.5 Å². The van der Waals surface area contributed by atoms with Crippen LogP contribution in [0.1, 0.15) is 21.1 Å². The molecule has 2 amide bonds. The van der Waals surface area contributed by atoms with Crippen LogP contribution in [-0.4, -0.2) is 11.8 Å². The number of furan rings is 2. The van der Waals surface area contributed by atoms with Gasteiger partial charge in [-0.1, -0.05) is 12.1 Å². The molecule has 7 heteroatoms. The van der Waals surface area contributed by atoms with Crippen molar-refractivity contribution in [2.24, 2.45) is 0 Å². The summed E-state index contributed by atoms with van der Waals surface area (Å²) in [7, 11) is 0. The van der Waals surface area contributed by atoms with Crippen molar-refractivity contribution in [2.45, 2.75) is 0 Å². The molecule has 2 aromatic carbocycles. The van der Waals surface area contributed by atoms with Gasteiger partial charge in [0.15, 0.2) is 11.5 Å². The molecule has 0 atom stereocenters. The van der Waals surface area contributed by atoms with Crippen LogP contribution in [0.3, 0.4) is 0 Å². The van der Waals surface area contributed by atoms with E-state index in [4.69, 9.17) is 8.83 Å². The van der Waals surface area contributed by atoms with Crippen molar-refractivity contribution in [3.05, 3.63) is 82.9 Å². The number of para-hydroxylation sites is 1. The molecule has 2 N–H and O–H groups in total. The van der Waals surface area contributed by atoms with Crippen molar-refractivity contribution < 1.29 is 18.4 Å². The van der Waals surface area contributed by atoms with Crippen LogP contribution in [0.25, 0.3) is 11.0 Å². The third-order valence-corrected chi connectivity index (χ3v) is 4.49. The van der Waals surface area contributed by atoms with Gasteiger partial charge in [0.1, 0.15) is 5.58 Å². The fourth-order valence-electron chi connectivity index (χ4n) is 2.57. The first kappa shape index (κ1) is 17.1. The second-order valence-corrected chi connectivity index (χ2v) is 6.59. The molecule has 0 saturated heterocycles. The molecule has 134 valence electrons. The van der Waals surface area contributed by atoms with Crippen LogP contribution < -0.4 is 10.6 Å². The van der Waals surface area contributed by atoms with Gasteiger partial charge in [0, 0.05) is 16.8 Å². The molecule has 0 unspecified atom stereocenters. The molecule has 4 aromatic rings. The molecule has 0 fully saturated rings. The quantitative estimate of drug-likeness (QED) is 0.465. The molecular formula is C20H13BrN2O4. The van der Waals surface area contributed by atoms with E-state index in [1.165, 1.54) is 6.26 Å². The molecule has 4 rings (SSSR count). The number of benzene rings is 2. The Morgan fingerprint density at radius 2 is 1.48 bits per heavy atom. The molecule has 6 nitrogen and oxygen atoms in total. The molecule has 2 aromatic heterocycles. The fourth-order valence-corrected chi connectivity index (χ4v) is 3.03. The number of hydrogen-bond acceptors (Lipinski definition) is 4. The predicted molar refractivity (Wildman–Crippen MR) is 105 cm³/mol. The molecule has 0 spiro atoms. The van der Waals surface area contributed by atoms with Gasteiger partial charge in [-0.3, -0.25) is 9.59 Å². The lowest BCUT2D eigenvalue weighted by Gasteiger charge is -2.06. The minimum absolute atomic E-state index is 0.215. The van der Waals surface area contributed by atoms with Crippen molar-refractivity contribution in [2.75, 3.05) is 10.6 Å². The number of carbonyl (C=O) groups is 2. The van der Waals surface area contributed by atoms with Gasteiger partial charge in [-0.2, -0.15) is 0 Å². The molecule has 2 heterocycles. The summed E-state index contributed by atoms with van der Waals surface area (Å²) in [6.07, 6.45) is 1.43. The summed E-state index contributed by atoms with van der Waals surface area (Å²) in [5, 5.41) is 6.32. The van der Waals surface area contributed by atoms with Crippen LogP contribution in [0, 0.1) is 0 Å². The fraction of sp³-hybridized carbons (Fsp3) is 0. The van der Waals surface area contributed by atoms with Crippen LogP contribution in [-0.2, 0) is 0 Å². The number of amides is 2. The van der Waals surface area contributed by atoms with Gasteiger partial charge in [0.25, 0.3) is 11.8 Å². The topological polar surface area (TPSA) is 84.5 Å². The third-order valence-electron chi connectivity index (χ3n) is 3.87. The predicted octanol–water partition coefficient (Wildman–Crippen LogP) is 5.29. The van der Waals surface area contributed by atoms with Crippen LogP contribution in [0.15, 0.2) is 80.2 Å². The third kappa shape index (κ3) is 3.63. The molecule has 0 saturated carbocycles. The van der Waals surface area contributed by atoms with E-state index in [1.807, 2.05) is 18.2 Å². The zero-order chi connectivity index (χ0) is 18.8. The minimum Gasteiger partial charge on any atom is -0.459 e. The Morgan fingerprint density at radius 1 is 0.815 bits per heavy atom. The van der Waals surface area contributed by atoms with Gasteiger partial charge in [0.05, 0.1) is 10.7 Å². The Bertz CT molecular complexity index is 1110. The average Bonchev–Trinajstić information content (AvgIpc) is 3.34. The summed E-state index contributed by atoms with van der Waals surface area (Å²) in [6.45, 7) is 0. The Kier molecular flexibility index (Phi) is 4.52. The Hall–Kier alpha value is -3.32. The lowest BCUT2D eigenvalue weighted by Crippen LogP contribution is -2.12. The number of hydrogen-bond donors (Lipinski definition) is 2. The molecule has 0 radical (unpaired) electrons. The van der Waals surface area contributed by atoms with E-state index in [-0.39, 0.29) is 23.3 Å². The summed E-state index contributed by atoms with van der Waals surface area (Å²) >= 11 is 3.40. The van der Waals surface area contributed by atoms with Crippen LogP contribution in [0.4, 0.5) is 11.4 Å². The molecule has 0 bridgehead atoms. The number of anilines is 2. The van der Waals surface area contributed by atoms with Gasteiger partial charge in [-0.25, -0.2) is 0 Å². The van der Waals surface area contributed by atoms with Crippen molar-refractivity contribution in [3.8, 4) is 0 Å². The second-order valence-electron chi connectivity index (χ2n) is 5.73. The summed E-state index contributed by atoms with van der Waals surface area (Å²) in [5.41, 5.74) is 1.79. The van der Waals surface area contributed by atoms with Crippen LogP contribution in [0.5, 0.6) is 0 Å². The maximum absolute atomic E-state index is 12.4. The van der Waals surface area contributed by atoms with Gasteiger partial charge < -0.3 is 19.5 Å². The first-order valence-electron chi connectivity index (χ1n) is 8.04. The molecule has 27 heavy (non-hydrogen) atoms. The normalized spacial score (nSPS) is 10.7. The van der Waals surface area contributed by atoms with Gasteiger partial charge >= 0.3 is 0 Å². The number of carbonyl (C=O) groups excluding carboxylic acids is 2. The van der Waals surface area contributed by atoms with Crippen molar-refractivity contribution in [1.82, 2.24) is 0 Å². The largest absolute Gasteiger partial charge is 0.459 e. The highest BCUT2D eigenvalue weighted by atomic mass is 79.9. The van der Waals surface area contributed by atoms with Gasteiger partial charge in [-0.05, 0) is 64.5 Å². The Morgan fingerprint density at radius 3 is 2.07 bits per heavy atom. The van der Waals surface area contributed by atoms with E-state index in [2.05, 4.69) is 26.6 Å². The number of fused-ring (bicyclic) bond motifs is 1. The maximum atomic E-state index is 12.4. The molecular weight excluding hydrogens is 412 g/mol. The Balaban J connectivity index is 1.45. The van der Waals surface area contributed by atoms with E-state index >= 15 is 0 Å². The highest BCUT2D eigenvalue weighted by molar-refractivity contribution is 9.10. The summed E-state index contributed by atoms with van der Waals surface area (Å²) in [4.78, 5) is 24.4. The lowest BCUT2D eigenvalue weighted by molar-refractivity contribution is 0.0990. The van der Waals surface area contributed by atoms with E-state index in [9.17, 15) is 9.59 Å². The second kappa shape index (κ2) is 7.13. The highest BCUT2D eigenvalue weighted by Gasteiger charge is 2.14. The SMILES string of the molecule is O=C(Nc1ccc(NC(=O)c2cc3cccc(Br)c3o2)cc1)c1ccco1. The van der Waals surface area contributed by atoms with Crippen molar-refractivity contribution >= 4 is 50.1 Å². The van der Waals surface area contributed by atoms with Crippen LogP contribution >= 0.6 is 15.9 Å². The Labute approximate surface area is 162 Å². The first-order chi connectivity index (χ1) is 13.1. The monoisotopic (exact) mass is 424 g/mol. The van der Waals surface area contributed by atoms with E-state index in [0.717, 1.165) is 9.86 Å². The van der Waals surface area contributed by atoms with Gasteiger partial charge in [0.2, 0.25) is 0 Å².